The first-order valence-corrected chi connectivity index (χ1v) is 7.18. The van der Waals surface area contributed by atoms with E-state index in [0.717, 1.165) is 25.7 Å². The van der Waals surface area contributed by atoms with Gasteiger partial charge in [0, 0.05) is 24.5 Å². The zero-order chi connectivity index (χ0) is 14.4. The molecule has 2 aliphatic heterocycles. The SMILES string of the molecule is Nc1nc(N2C3CCC2CC(O)C3)nc(-n2cccn2)n1. The minimum Gasteiger partial charge on any atom is -0.393 e. The normalized spacial score (nSPS) is 28.0. The van der Waals surface area contributed by atoms with Crippen LogP contribution in [-0.2, 0) is 0 Å². The number of hydrogen-bond donors (Lipinski definition) is 2. The topological polar surface area (TPSA) is 106 Å². The van der Waals surface area contributed by atoms with Gasteiger partial charge in [-0.1, -0.05) is 0 Å². The van der Waals surface area contributed by atoms with Gasteiger partial charge in [0.1, 0.15) is 0 Å². The quantitative estimate of drug-likeness (QED) is 0.808. The van der Waals surface area contributed by atoms with Crippen molar-refractivity contribution >= 4 is 11.9 Å². The summed E-state index contributed by atoms with van der Waals surface area (Å²) in [5, 5.41) is 14.0. The summed E-state index contributed by atoms with van der Waals surface area (Å²) in [6, 6.07) is 2.37. The predicted octanol–water partition coefficient (Wildman–Crippen LogP) is 0.132. The van der Waals surface area contributed by atoms with Gasteiger partial charge in [0.05, 0.1) is 6.10 Å². The van der Waals surface area contributed by atoms with Gasteiger partial charge in [-0.15, -0.1) is 0 Å². The Morgan fingerprint density at radius 3 is 2.48 bits per heavy atom. The van der Waals surface area contributed by atoms with Gasteiger partial charge in [0.15, 0.2) is 0 Å². The molecule has 0 aromatic carbocycles. The van der Waals surface area contributed by atoms with Crippen molar-refractivity contribution in [1.82, 2.24) is 24.7 Å². The number of aromatic nitrogens is 5. The van der Waals surface area contributed by atoms with E-state index in [0.29, 0.717) is 11.9 Å². The Bertz CT molecular complexity index is 630. The van der Waals surface area contributed by atoms with Crippen molar-refractivity contribution in [2.45, 2.75) is 43.9 Å². The van der Waals surface area contributed by atoms with Crippen molar-refractivity contribution in [2.75, 3.05) is 10.6 Å². The number of piperidine rings is 1. The third-order valence-electron chi connectivity index (χ3n) is 4.28. The van der Waals surface area contributed by atoms with E-state index in [1.165, 1.54) is 0 Å². The van der Waals surface area contributed by atoms with Gasteiger partial charge in [0.25, 0.3) is 5.95 Å². The van der Waals surface area contributed by atoms with Crippen LogP contribution in [0.5, 0.6) is 0 Å². The molecule has 0 aliphatic carbocycles. The maximum Gasteiger partial charge on any atom is 0.257 e. The monoisotopic (exact) mass is 287 g/mol. The minimum absolute atomic E-state index is 0.191. The van der Waals surface area contributed by atoms with Crippen molar-refractivity contribution in [2.24, 2.45) is 0 Å². The Hall–Kier alpha value is -2.22. The predicted molar refractivity (Wildman–Crippen MR) is 75.9 cm³/mol. The minimum atomic E-state index is -0.219. The molecule has 8 nitrogen and oxygen atoms in total. The number of rotatable bonds is 2. The van der Waals surface area contributed by atoms with Crippen molar-refractivity contribution in [3.05, 3.63) is 18.5 Å². The van der Waals surface area contributed by atoms with E-state index >= 15 is 0 Å². The van der Waals surface area contributed by atoms with Crippen LogP contribution in [0.4, 0.5) is 11.9 Å². The van der Waals surface area contributed by atoms with Crippen molar-refractivity contribution in [3.63, 3.8) is 0 Å². The van der Waals surface area contributed by atoms with Crippen LogP contribution in [0.2, 0.25) is 0 Å². The van der Waals surface area contributed by atoms with Crippen LogP contribution in [0.15, 0.2) is 18.5 Å². The largest absolute Gasteiger partial charge is 0.393 e. The Balaban J connectivity index is 1.73. The van der Waals surface area contributed by atoms with Gasteiger partial charge in [-0.25, -0.2) is 4.68 Å². The smallest absolute Gasteiger partial charge is 0.257 e. The maximum atomic E-state index is 9.90. The van der Waals surface area contributed by atoms with Gasteiger partial charge in [-0.2, -0.15) is 20.1 Å². The molecule has 2 fully saturated rings. The highest BCUT2D eigenvalue weighted by atomic mass is 16.3. The summed E-state index contributed by atoms with van der Waals surface area (Å²) >= 11 is 0. The van der Waals surface area contributed by atoms with Gasteiger partial charge in [-0.05, 0) is 31.7 Å². The van der Waals surface area contributed by atoms with Crippen LogP contribution >= 0.6 is 0 Å². The summed E-state index contributed by atoms with van der Waals surface area (Å²) in [5.41, 5.74) is 5.83. The van der Waals surface area contributed by atoms with Gasteiger partial charge >= 0.3 is 0 Å². The average Bonchev–Trinajstić information content (AvgIpc) is 3.05. The molecule has 2 saturated heterocycles. The zero-order valence-electron chi connectivity index (χ0n) is 11.5. The standard InChI is InChI=1S/C13H17N7O/c14-11-16-12(19-5-1-4-15-19)18-13(17-11)20-8-2-3-9(20)7-10(21)6-8/h1,4-5,8-10,21H,2-3,6-7H2,(H2,14,16,17,18). The van der Waals surface area contributed by atoms with Crippen LogP contribution in [0.25, 0.3) is 5.95 Å². The van der Waals surface area contributed by atoms with Gasteiger partial charge in [-0.3, -0.25) is 0 Å². The molecule has 0 radical (unpaired) electrons. The molecule has 2 unspecified atom stereocenters. The lowest BCUT2D eigenvalue weighted by Crippen LogP contribution is -2.45. The summed E-state index contributed by atoms with van der Waals surface area (Å²) in [4.78, 5) is 15.1. The lowest BCUT2D eigenvalue weighted by atomic mass is 10.0. The highest BCUT2D eigenvalue weighted by molar-refractivity contribution is 5.42. The second kappa shape index (κ2) is 4.66. The zero-order valence-corrected chi connectivity index (χ0v) is 11.5. The van der Waals surface area contributed by atoms with E-state index in [1.54, 1.807) is 23.1 Å². The van der Waals surface area contributed by atoms with Gasteiger partial charge in [0.2, 0.25) is 11.9 Å². The number of nitrogen functional groups attached to an aromatic ring is 1. The van der Waals surface area contributed by atoms with Crippen LogP contribution in [-0.4, -0.2) is 48.0 Å². The molecule has 3 N–H and O–H groups in total. The number of nitrogens with two attached hydrogens (primary N) is 1. The maximum absolute atomic E-state index is 9.90. The molecular formula is C13H17N7O. The highest BCUT2D eigenvalue weighted by Gasteiger charge is 2.41. The fourth-order valence-electron chi connectivity index (χ4n) is 3.45. The average molecular weight is 287 g/mol. The molecule has 2 bridgehead atoms. The molecule has 8 heteroatoms. The first kappa shape index (κ1) is 12.5. The molecule has 4 rings (SSSR count). The Labute approximate surface area is 121 Å². The van der Waals surface area contributed by atoms with Crippen LogP contribution in [0, 0.1) is 0 Å². The number of aliphatic hydroxyl groups is 1. The molecule has 21 heavy (non-hydrogen) atoms. The number of nitrogens with zero attached hydrogens (tertiary/aromatic N) is 6. The fraction of sp³-hybridized carbons (Fsp3) is 0.538. The first-order chi connectivity index (χ1) is 10.2. The van der Waals surface area contributed by atoms with E-state index in [9.17, 15) is 5.11 Å². The van der Waals surface area contributed by atoms with Crippen molar-refractivity contribution in [3.8, 4) is 5.95 Å². The van der Waals surface area contributed by atoms with E-state index < -0.39 is 0 Å². The molecule has 2 atom stereocenters. The molecule has 0 spiro atoms. The second-order valence-corrected chi connectivity index (χ2v) is 5.66. The summed E-state index contributed by atoms with van der Waals surface area (Å²) in [7, 11) is 0. The lowest BCUT2D eigenvalue weighted by molar-refractivity contribution is 0.125. The summed E-state index contributed by atoms with van der Waals surface area (Å²) in [6.45, 7) is 0. The third-order valence-corrected chi connectivity index (χ3v) is 4.28. The molecule has 110 valence electrons. The molecule has 0 saturated carbocycles. The molecule has 4 heterocycles. The van der Waals surface area contributed by atoms with E-state index in [-0.39, 0.29) is 24.1 Å². The van der Waals surface area contributed by atoms with Crippen LogP contribution in [0.1, 0.15) is 25.7 Å². The fourth-order valence-corrected chi connectivity index (χ4v) is 3.45. The number of aliphatic hydroxyl groups excluding tert-OH is 1. The van der Waals surface area contributed by atoms with Crippen LogP contribution < -0.4 is 10.6 Å². The van der Waals surface area contributed by atoms with Crippen molar-refractivity contribution < 1.29 is 5.11 Å². The Morgan fingerprint density at radius 1 is 1.10 bits per heavy atom. The third kappa shape index (κ3) is 2.11. The summed E-state index contributed by atoms with van der Waals surface area (Å²) < 4.78 is 1.57. The molecule has 2 aromatic rings. The van der Waals surface area contributed by atoms with Gasteiger partial charge < -0.3 is 15.7 Å². The molecule has 0 amide bonds. The second-order valence-electron chi connectivity index (χ2n) is 5.66. The summed E-state index contributed by atoms with van der Waals surface area (Å²) in [5.74, 6) is 1.21. The number of hydrogen-bond acceptors (Lipinski definition) is 7. The molecule has 2 aromatic heterocycles. The number of anilines is 2. The Morgan fingerprint density at radius 2 is 1.81 bits per heavy atom. The highest BCUT2D eigenvalue weighted by Crippen LogP contribution is 2.38. The van der Waals surface area contributed by atoms with E-state index in [1.807, 2.05) is 0 Å². The first-order valence-electron chi connectivity index (χ1n) is 7.18. The Kier molecular flexibility index (Phi) is 2.78. The molecule has 2 aliphatic rings. The lowest BCUT2D eigenvalue weighted by Gasteiger charge is -2.37. The van der Waals surface area contributed by atoms with E-state index in [2.05, 4.69) is 25.0 Å². The molecular weight excluding hydrogens is 270 g/mol. The van der Waals surface area contributed by atoms with E-state index in [4.69, 9.17) is 5.73 Å². The summed E-state index contributed by atoms with van der Waals surface area (Å²) in [6.07, 6.45) is 6.87. The van der Waals surface area contributed by atoms with Crippen LogP contribution in [0.3, 0.4) is 0 Å². The van der Waals surface area contributed by atoms with Crippen molar-refractivity contribution in [1.29, 1.82) is 0 Å². The number of fused-ring (bicyclic) bond motifs is 2.